The summed E-state index contributed by atoms with van der Waals surface area (Å²) < 4.78 is 10.6. The van der Waals surface area contributed by atoms with Gasteiger partial charge in [0.15, 0.2) is 0 Å². The second-order valence-corrected chi connectivity index (χ2v) is 7.59. The molecule has 0 aliphatic heterocycles. The highest BCUT2D eigenvalue weighted by Crippen LogP contribution is 2.25. The molecule has 6 nitrogen and oxygen atoms in total. The number of aryl methyl sites for hydroxylation is 1. The quantitative estimate of drug-likeness (QED) is 0.812. The lowest BCUT2D eigenvalue weighted by Gasteiger charge is -2.36. The van der Waals surface area contributed by atoms with Crippen molar-refractivity contribution < 1.29 is 19.1 Å². The summed E-state index contributed by atoms with van der Waals surface area (Å²) in [4.78, 5) is 26.2. The van der Waals surface area contributed by atoms with E-state index in [9.17, 15) is 9.59 Å². The number of nitrogens with zero attached hydrogens (tertiary/aromatic N) is 1. The number of rotatable bonds is 4. The van der Waals surface area contributed by atoms with E-state index in [1.807, 2.05) is 40.7 Å². The monoisotopic (exact) mass is 384 g/mol. The molecule has 0 unspecified atom stereocenters. The zero-order valence-electron chi connectivity index (χ0n) is 17.5. The summed E-state index contributed by atoms with van der Waals surface area (Å²) in [6, 6.07) is 10.6. The van der Waals surface area contributed by atoms with Crippen LogP contribution in [0.2, 0.25) is 0 Å². The third kappa shape index (κ3) is 4.44. The maximum Gasteiger partial charge on any atom is 0.273 e. The van der Waals surface area contributed by atoms with Crippen LogP contribution in [-0.4, -0.2) is 36.6 Å². The van der Waals surface area contributed by atoms with Gasteiger partial charge in [0.1, 0.15) is 11.5 Å². The molecule has 0 saturated heterocycles. The van der Waals surface area contributed by atoms with Gasteiger partial charge in [0.2, 0.25) is 0 Å². The number of methoxy groups -OCH3 is 2. The standard InChI is InChI=1S/C22H28N2O4/c1-14-11-12-17(19(13-14)28-7)20(25)23-24(22(3,4)5)21(26)16-9-8-10-18(27-6)15(16)2/h8-13H,1-7H3,(H,23,25). The number of benzene rings is 2. The molecule has 2 aromatic carbocycles. The van der Waals surface area contributed by atoms with Crippen molar-refractivity contribution in [1.82, 2.24) is 10.4 Å². The molecule has 2 aromatic rings. The second kappa shape index (κ2) is 8.33. The number of nitrogens with one attached hydrogen (secondary N) is 1. The van der Waals surface area contributed by atoms with Crippen LogP contribution in [0.1, 0.15) is 52.6 Å². The molecule has 0 saturated carbocycles. The molecular weight excluding hydrogens is 356 g/mol. The third-order valence-corrected chi connectivity index (χ3v) is 4.42. The fourth-order valence-electron chi connectivity index (χ4n) is 2.86. The molecule has 0 fully saturated rings. The van der Waals surface area contributed by atoms with Crippen molar-refractivity contribution in [3.8, 4) is 11.5 Å². The van der Waals surface area contributed by atoms with Gasteiger partial charge < -0.3 is 9.47 Å². The predicted octanol–water partition coefficient (Wildman–Crippen LogP) is 3.91. The van der Waals surface area contributed by atoms with Crippen LogP contribution in [0.3, 0.4) is 0 Å². The van der Waals surface area contributed by atoms with E-state index >= 15 is 0 Å². The fourth-order valence-corrected chi connectivity index (χ4v) is 2.86. The first-order valence-corrected chi connectivity index (χ1v) is 9.04. The van der Waals surface area contributed by atoms with Gasteiger partial charge in [-0.3, -0.25) is 15.0 Å². The zero-order chi connectivity index (χ0) is 21.1. The molecular formula is C22H28N2O4. The summed E-state index contributed by atoms with van der Waals surface area (Å²) in [6.07, 6.45) is 0. The predicted molar refractivity (Wildman–Crippen MR) is 109 cm³/mol. The first-order chi connectivity index (χ1) is 13.1. The Hall–Kier alpha value is -3.02. The Kier molecular flexibility index (Phi) is 6.33. The van der Waals surface area contributed by atoms with E-state index in [4.69, 9.17) is 9.47 Å². The SMILES string of the molecule is COc1cc(C)ccc1C(=O)NN(C(=O)c1cccc(OC)c1C)C(C)(C)C. The van der Waals surface area contributed by atoms with Crippen LogP contribution in [0, 0.1) is 13.8 Å². The number of hydrogen-bond donors (Lipinski definition) is 1. The van der Waals surface area contributed by atoms with Crippen LogP contribution in [-0.2, 0) is 0 Å². The van der Waals surface area contributed by atoms with Crippen molar-refractivity contribution in [3.05, 3.63) is 58.7 Å². The van der Waals surface area contributed by atoms with Gasteiger partial charge in [0, 0.05) is 11.1 Å². The minimum Gasteiger partial charge on any atom is -0.496 e. The minimum absolute atomic E-state index is 0.316. The van der Waals surface area contributed by atoms with Gasteiger partial charge in [0.05, 0.1) is 25.3 Å². The van der Waals surface area contributed by atoms with Gasteiger partial charge >= 0.3 is 0 Å². The lowest BCUT2D eigenvalue weighted by Crippen LogP contribution is -2.56. The highest BCUT2D eigenvalue weighted by Gasteiger charge is 2.31. The number of hydrazine groups is 1. The lowest BCUT2D eigenvalue weighted by molar-refractivity contribution is 0.0356. The van der Waals surface area contributed by atoms with E-state index in [0.717, 1.165) is 5.56 Å². The summed E-state index contributed by atoms with van der Waals surface area (Å²) in [7, 11) is 3.07. The first kappa shape index (κ1) is 21.3. The Balaban J connectivity index is 2.41. The van der Waals surface area contributed by atoms with Crippen LogP contribution < -0.4 is 14.9 Å². The van der Waals surface area contributed by atoms with Crippen molar-refractivity contribution in [3.63, 3.8) is 0 Å². The average Bonchev–Trinajstić information content (AvgIpc) is 2.64. The van der Waals surface area contributed by atoms with Gasteiger partial charge in [0.25, 0.3) is 11.8 Å². The summed E-state index contributed by atoms with van der Waals surface area (Å²) in [6.45, 7) is 9.30. The number of ether oxygens (including phenoxy) is 2. The minimum atomic E-state index is -0.653. The van der Waals surface area contributed by atoms with Gasteiger partial charge in [-0.15, -0.1) is 0 Å². The van der Waals surface area contributed by atoms with Crippen molar-refractivity contribution >= 4 is 11.8 Å². The zero-order valence-corrected chi connectivity index (χ0v) is 17.5. The van der Waals surface area contributed by atoms with Crippen LogP contribution >= 0.6 is 0 Å². The topological polar surface area (TPSA) is 67.9 Å². The summed E-state index contributed by atoms with van der Waals surface area (Å²) in [5.74, 6) is 0.339. The summed E-state index contributed by atoms with van der Waals surface area (Å²) >= 11 is 0. The molecule has 0 aliphatic carbocycles. The number of carbonyl (C=O) groups is 2. The van der Waals surface area contributed by atoms with Crippen LogP contribution in [0.15, 0.2) is 36.4 Å². The van der Waals surface area contributed by atoms with Gasteiger partial charge in [-0.05, 0) is 64.4 Å². The van der Waals surface area contributed by atoms with Gasteiger partial charge in [-0.2, -0.15) is 0 Å². The largest absolute Gasteiger partial charge is 0.496 e. The maximum atomic E-state index is 13.3. The Morgan fingerprint density at radius 3 is 2.14 bits per heavy atom. The van der Waals surface area contributed by atoms with E-state index in [1.54, 1.807) is 37.4 Å². The van der Waals surface area contributed by atoms with E-state index in [1.165, 1.54) is 12.1 Å². The van der Waals surface area contributed by atoms with E-state index in [2.05, 4.69) is 5.43 Å². The Labute approximate surface area is 166 Å². The maximum absolute atomic E-state index is 13.3. The molecule has 150 valence electrons. The van der Waals surface area contributed by atoms with E-state index < -0.39 is 11.4 Å². The highest BCUT2D eigenvalue weighted by atomic mass is 16.5. The van der Waals surface area contributed by atoms with Gasteiger partial charge in [-0.25, -0.2) is 5.01 Å². The van der Waals surface area contributed by atoms with Crippen molar-refractivity contribution in [2.75, 3.05) is 14.2 Å². The molecule has 0 heterocycles. The molecule has 0 bridgehead atoms. The molecule has 1 N–H and O–H groups in total. The van der Waals surface area contributed by atoms with Crippen molar-refractivity contribution in [1.29, 1.82) is 0 Å². The highest BCUT2D eigenvalue weighted by molar-refractivity contribution is 6.01. The third-order valence-electron chi connectivity index (χ3n) is 4.42. The lowest BCUT2D eigenvalue weighted by atomic mass is 10.0. The molecule has 2 amide bonds. The average molecular weight is 384 g/mol. The number of amides is 2. The summed E-state index contributed by atoms with van der Waals surface area (Å²) in [5.41, 5.74) is 4.61. The number of carbonyl (C=O) groups excluding carboxylic acids is 2. The molecule has 28 heavy (non-hydrogen) atoms. The molecule has 0 aliphatic rings. The van der Waals surface area contributed by atoms with Crippen molar-refractivity contribution in [2.45, 2.75) is 40.2 Å². The van der Waals surface area contributed by atoms with Crippen LogP contribution in [0.5, 0.6) is 11.5 Å². The van der Waals surface area contributed by atoms with Crippen LogP contribution in [0.25, 0.3) is 0 Å². The Bertz CT molecular complexity index is 885. The summed E-state index contributed by atoms with van der Waals surface area (Å²) in [5, 5.41) is 1.34. The molecule has 0 radical (unpaired) electrons. The number of hydrogen-bond acceptors (Lipinski definition) is 4. The molecule has 0 atom stereocenters. The normalized spacial score (nSPS) is 11.0. The first-order valence-electron chi connectivity index (χ1n) is 9.04. The Morgan fingerprint density at radius 2 is 1.57 bits per heavy atom. The fraction of sp³-hybridized carbons (Fsp3) is 0.364. The van der Waals surface area contributed by atoms with E-state index in [-0.39, 0.29) is 5.91 Å². The Morgan fingerprint density at radius 1 is 0.929 bits per heavy atom. The van der Waals surface area contributed by atoms with Crippen LogP contribution in [0.4, 0.5) is 0 Å². The van der Waals surface area contributed by atoms with Crippen molar-refractivity contribution in [2.24, 2.45) is 0 Å². The smallest absolute Gasteiger partial charge is 0.273 e. The van der Waals surface area contributed by atoms with E-state index in [0.29, 0.717) is 28.2 Å². The molecule has 2 rings (SSSR count). The molecule has 0 aromatic heterocycles. The molecule has 6 heteroatoms. The molecule has 0 spiro atoms. The second-order valence-electron chi connectivity index (χ2n) is 7.59. The van der Waals surface area contributed by atoms with Gasteiger partial charge in [-0.1, -0.05) is 12.1 Å².